The molecule has 0 aromatic carbocycles. The van der Waals surface area contributed by atoms with E-state index < -0.39 is 29.9 Å². The van der Waals surface area contributed by atoms with Crippen molar-refractivity contribution in [3.63, 3.8) is 0 Å². The number of nitrogens with zero attached hydrogens (tertiary/aromatic N) is 1. The molecule has 1 heterocycles. The Bertz CT molecular complexity index is 419. The second-order valence-electron chi connectivity index (χ2n) is 5.43. The molecule has 8 heteroatoms. The minimum absolute atomic E-state index is 0.195. The van der Waals surface area contributed by atoms with Crippen molar-refractivity contribution in [3.05, 3.63) is 0 Å². The molecule has 0 radical (unpaired) electrons. The van der Waals surface area contributed by atoms with E-state index in [0.717, 1.165) is 6.42 Å². The Morgan fingerprint density at radius 2 is 2.09 bits per heavy atom. The molecule has 1 fully saturated rings. The zero-order valence-electron chi connectivity index (χ0n) is 13.0. The molecule has 3 amide bonds. The summed E-state index contributed by atoms with van der Waals surface area (Å²) in [4.78, 5) is 37.1. The summed E-state index contributed by atoms with van der Waals surface area (Å²) < 4.78 is 14.2. The molecule has 22 heavy (non-hydrogen) atoms. The third-order valence-corrected chi connectivity index (χ3v) is 3.98. The number of alkyl halides is 1. The van der Waals surface area contributed by atoms with Gasteiger partial charge < -0.3 is 10.2 Å². The SMILES string of the molecule is CCCC[C@@H](C(=O)N1CCC[C@H]1C(=O)NC)[C@H](F)C(=O)NO. The van der Waals surface area contributed by atoms with Crippen LogP contribution in [0.15, 0.2) is 0 Å². The van der Waals surface area contributed by atoms with Crippen LogP contribution in [-0.4, -0.2) is 53.6 Å². The van der Waals surface area contributed by atoms with Crippen LogP contribution in [0.3, 0.4) is 0 Å². The number of nitrogens with one attached hydrogen (secondary N) is 2. The highest BCUT2D eigenvalue weighted by molar-refractivity contribution is 5.92. The van der Waals surface area contributed by atoms with Crippen LogP contribution in [0.1, 0.15) is 39.0 Å². The van der Waals surface area contributed by atoms with Gasteiger partial charge >= 0.3 is 0 Å². The largest absolute Gasteiger partial charge is 0.357 e. The van der Waals surface area contributed by atoms with Gasteiger partial charge in [-0.1, -0.05) is 19.8 Å². The summed E-state index contributed by atoms with van der Waals surface area (Å²) in [6.45, 7) is 2.26. The van der Waals surface area contributed by atoms with E-state index in [2.05, 4.69) is 5.32 Å². The van der Waals surface area contributed by atoms with Crippen molar-refractivity contribution >= 4 is 17.7 Å². The summed E-state index contributed by atoms with van der Waals surface area (Å²) in [6.07, 6.45) is 0.572. The predicted octanol–water partition coefficient (Wildman–Crippen LogP) is 0.373. The van der Waals surface area contributed by atoms with Crippen molar-refractivity contribution in [2.45, 2.75) is 51.2 Å². The van der Waals surface area contributed by atoms with Crippen molar-refractivity contribution < 1.29 is 24.0 Å². The van der Waals surface area contributed by atoms with Crippen LogP contribution in [0.25, 0.3) is 0 Å². The first kappa shape index (κ1) is 18.3. The molecule has 1 rings (SSSR count). The van der Waals surface area contributed by atoms with Gasteiger partial charge in [0.25, 0.3) is 5.91 Å². The molecule has 0 spiro atoms. The number of likely N-dealkylation sites (N-methyl/N-ethyl adjacent to an activating group) is 1. The predicted molar refractivity (Wildman–Crippen MR) is 76.6 cm³/mol. The van der Waals surface area contributed by atoms with Crippen LogP contribution >= 0.6 is 0 Å². The lowest BCUT2D eigenvalue weighted by Gasteiger charge is -2.29. The third kappa shape index (κ3) is 4.16. The minimum Gasteiger partial charge on any atom is -0.357 e. The second kappa shape index (κ2) is 8.67. The summed E-state index contributed by atoms with van der Waals surface area (Å²) >= 11 is 0. The van der Waals surface area contributed by atoms with Gasteiger partial charge in [-0.3, -0.25) is 19.6 Å². The van der Waals surface area contributed by atoms with E-state index in [4.69, 9.17) is 5.21 Å². The van der Waals surface area contributed by atoms with Gasteiger partial charge in [0.2, 0.25) is 11.8 Å². The topological polar surface area (TPSA) is 98.7 Å². The van der Waals surface area contributed by atoms with Gasteiger partial charge in [0.15, 0.2) is 6.17 Å². The molecule has 0 bridgehead atoms. The van der Waals surface area contributed by atoms with Crippen LogP contribution in [0.5, 0.6) is 0 Å². The first-order valence-electron chi connectivity index (χ1n) is 7.58. The summed E-state index contributed by atoms with van der Waals surface area (Å²) in [7, 11) is 1.48. The fourth-order valence-electron chi connectivity index (χ4n) is 2.75. The zero-order valence-corrected chi connectivity index (χ0v) is 13.0. The molecule has 126 valence electrons. The number of hydrogen-bond donors (Lipinski definition) is 3. The van der Waals surface area contributed by atoms with Gasteiger partial charge in [0, 0.05) is 13.6 Å². The normalized spacial score (nSPS) is 20.4. The van der Waals surface area contributed by atoms with Crippen molar-refractivity contribution in [2.24, 2.45) is 5.92 Å². The molecule has 1 saturated heterocycles. The fourth-order valence-corrected chi connectivity index (χ4v) is 2.75. The Kier molecular flexibility index (Phi) is 7.23. The summed E-state index contributed by atoms with van der Waals surface area (Å²) in [6, 6.07) is -0.619. The van der Waals surface area contributed by atoms with Crippen LogP contribution in [-0.2, 0) is 14.4 Å². The lowest BCUT2D eigenvalue weighted by atomic mass is 9.94. The molecule has 1 aliphatic rings. The van der Waals surface area contributed by atoms with Crippen LogP contribution in [0, 0.1) is 5.92 Å². The number of carbonyl (C=O) groups excluding carboxylic acids is 3. The molecule has 0 unspecified atom stereocenters. The number of halogens is 1. The first-order valence-corrected chi connectivity index (χ1v) is 7.58. The van der Waals surface area contributed by atoms with Gasteiger partial charge in [0.1, 0.15) is 6.04 Å². The van der Waals surface area contributed by atoms with E-state index in [9.17, 15) is 18.8 Å². The monoisotopic (exact) mass is 317 g/mol. The van der Waals surface area contributed by atoms with Gasteiger partial charge in [-0.15, -0.1) is 0 Å². The maximum absolute atomic E-state index is 14.2. The van der Waals surface area contributed by atoms with Crippen LogP contribution in [0.2, 0.25) is 0 Å². The Balaban J connectivity index is 2.90. The average Bonchev–Trinajstić information content (AvgIpc) is 3.02. The van der Waals surface area contributed by atoms with Gasteiger partial charge in [0.05, 0.1) is 5.92 Å². The van der Waals surface area contributed by atoms with Crippen molar-refractivity contribution in [2.75, 3.05) is 13.6 Å². The van der Waals surface area contributed by atoms with Crippen LogP contribution in [0.4, 0.5) is 4.39 Å². The Morgan fingerprint density at radius 3 is 2.64 bits per heavy atom. The van der Waals surface area contributed by atoms with E-state index in [-0.39, 0.29) is 12.3 Å². The Labute approximate surface area is 129 Å². The maximum atomic E-state index is 14.2. The number of unbranched alkanes of at least 4 members (excludes halogenated alkanes) is 1. The number of rotatable bonds is 7. The first-order chi connectivity index (χ1) is 10.5. The lowest BCUT2D eigenvalue weighted by molar-refractivity contribution is -0.148. The number of hydrogen-bond acceptors (Lipinski definition) is 4. The van der Waals surface area contributed by atoms with Crippen molar-refractivity contribution in [3.8, 4) is 0 Å². The van der Waals surface area contributed by atoms with E-state index in [1.54, 1.807) is 0 Å². The zero-order chi connectivity index (χ0) is 16.7. The maximum Gasteiger partial charge on any atom is 0.278 e. The molecule has 3 atom stereocenters. The van der Waals surface area contributed by atoms with E-state index in [0.29, 0.717) is 25.8 Å². The molecular weight excluding hydrogens is 293 g/mol. The quantitative estimate of drug-likeness (QED) is 0.467. The molecular formula is C14H24FN3O4. The molecule has 7 nitrogen and oxygen atoms in total. The number of amides is 3. The fraction of sp³-hybridized carbons (Fsp3) is 0.786. The molecule has 0 aromatic rings. The number of carbonyl (C=O) groups is 3. The van der Waals surface area contributed by atoms with Gasteiger partial charge in [-0.05, 0) is 19.3 Å². The Morgan fingerprint density at radius 1 is 1.41 bits per heavy atom. The number of likely N-dealkylation sites (tertiary alicyclic amines) is 1. The average molecular weight is 317 g/mol. The molecule has 3 N–H and O–H groups in total. The summed E-state index contributed by atoms with van der Waals surface area (Å²) in [5.41, 5.74) is 1.25. The minimum atomic E-state index is -2.13. The van der Waals surface area contributed by atoms with Crippen molar-refractivity contribution in [1.29, 1.82) is 0 Å². The van der Waals surface area contributed by atoms with Crippen molar-refractivity contribution in [1.82, 2.24) is 15.7 Å². The highest BCUT2D eigenvalue weighted by Crippen LogP contribution is 2.25. The lowest BCUT2D eigenvalue weighted by Crippen LogP contribution is -2.50. The molecule has 1 aliphatic heterocycles. The molecule has 0 saturated carbocycles. The van der Waals surface area contributed by atoms with Crippen LogP contribution < -0.4 is 10.8 Å². The van der Waals surface area contributed by atoms with E-state index in [1.807, 2.05) is 6.92 Å². The highest BCUT2D eigenvalue weighted by atomic mass is 19.1. The Hall–Kier alpha value is -1.70. The third-order valence-electron chi connectivity index (χ3n) is 3.98. The smallest absolute Gasteiger partial charge is 0.278 e. The summed E-state index contributed by atoms with van der Waals surface area (Å²) in [5, 5.41) is 11.1. The van der Waals surface area contributed by atoms with Gasteiger partial charge in [-0.25, -0.2) is 9.87 Å². The van der Waals surface area contributed by atoms with E-state index >= 15 is 0 Å². The standard InChI is InChI=1S/C14H24FN3O4/c1-3-4-6-9(11(15)13(20)17-22)14(21)18-8-5-7-10(18)12(19)16-2/h9-11,22H,3-8H2,1-2H3,(H,16,19)(H,17,20)/t9-,10+,11+/m1/s1. The van der Waals surface area contributed by atoms with Gasteiger partial charge in [-0.2, -0.15) is 0 Å². The molecule has 0 aliphatic carbocycles. The van der Waals surface area contributed by atoms with E-state index in [1.165, 1.54) is 17.4 Å². The second-order valence-corrected chi connectivity index (χ2v) is 5.43. The highest BCUT2D eigenvalue weighted by Gasteiger charge is 2.41. The number of hydroxylamine groups is 1. The summed E-state index contributed by atoms with van der Waals surface area (Å²) in [5.74, 6) is -3.25. The molecule has 0 aromatic heterocycles.